The minimum atomic E-state index is -4.55. The first-order valence-corrected chi connectivity index (χ1v) is 6.19. The summed E-state index contributed by atoms with van der Waals surface area (Å²) < 4.78 is 37.0. The van der Waals surface area contributed by atoms with Crippen LogP contribution in [-0.2, 0) is 4.79 Å². The van der Waals surface area contributed by atoms with Crippen molar-refractivity contribution in [1.29, 1.82) is 0 Å². The van der Waals surface area contributed by atoms with E-state index < -0.39 is 30.1 Å². The summed E-state index contributed by atoms with van der Waals surface area (Å²) in [6, 6.07) is 0. The van der Waals surface area contributed by atoms with E-state index in [0.717, 1.165) is 0 Å². The summed E-state index contributed by atoms with van der Waals surface area (Å²) in [7, 11) is 0. The van der Waals surface area contributed by atoms with Gasteiger partial charge < -0.3 is 10.2 Å². The van der Waals surface area contributed by atoms with E-state index in [9.17, 15) is 18.0 Å². The number of halogens is 3. The normalized spacial score (nSPS) is 28.7. The maximum atomic E-state index is 12.3. The first kappa shape index (κ1) is 15.3. The average molecular weight is 268 g/mol. The van der Waals surface area contributed by atoms with Crippen molar-refractivity contribution in [2.24, 2.45) is 17.8 Å². The summed E-state index contributed by atoms with van der Waals surface area (Å²) in [6.45, 7) is 1.61. The van der Waals surface area contributed by atoms with Crippen molar-refractivity contribution in [2.45, 2.75) is 51.3 Å². The molecule has 0 saturated heterocycles. The van der Waals surface area contributed by atoms with Crippen LogP contribution in [0.3, 0.4) is 0 Å². The number of aliphatic hydroxyl groups excluding tert-OH is 1. The Balaban J connectivity index is 2.39. The second kappa shape index (κ2) is 5.91. The quantitative estimate of drug-likeness (QED) is 0.824. The summed E-state index contributed by atoms with van der Waals surface area (Å²) in [5.41, 5.74) is 0. The van der Waals surface area contributed by atoms with Gasteiger partial charge in [-0.3, -0.25) is 4.79 Å². The highest BCUT2D eigenvalue weighted by atomic mass is 19.4. The minimum Gasteiger partial charge on any atom is -0.481 e. The van der Waals surface area contributed by atoms with Gasteiger partial charge in [0, 0.05) is 0 Å². The molecule has 1 aliphatic rings. The third-order valence-electron chi connectivity index (χ3n) is 3.78. The first-order valence-electron chi connectivity index (χ1n) is 6.19. The van der Waals surface area contributed by atoms with Crippen molar-refractivity contribution in [2.75, 3.05) is 0 Å². The monoisotopic (exact) mass is 268 g/mol. The van der Waals surface area contributed by atoms with Gasteiger partial charge in [0.1, 0.15) is 0 Å². The fraction of sp³-hybridized carbons (Fsp3) is 0.917. The zero-order valence-electron chi connectivity index (χ0n) is 10.3. The number of carbonyl (C=O) groups is 1. The number of hydrogen-bond acceptors (Lipinski definition) is 2. The van der Waals surface area contributed by atoms with Crippen LogP contribution in [0, 0.1) is 17.8 Å². The topological polar surface area (TPSA) is 57.5 Å². The maximum Gasteiger partial charge on any atom is 0.414 e. The highest BCUT2D eigenvalue weighted by Gasteiger charge is 2.44. The van der Waals surface area contributed by atoms with Crippen LogP contribution in [0.4, 0.5) is 13.2 Å². The highest BCUT2D eigenvalue weighted by Crippen LogP contribution is 2.38. The fourth-order valence-corrected chi connectivity index (χ4v) is 2.61. The SMILES string of the molecule is CC(CC1CCC(C(O)C(F)(F)F)CC1)C(=O)O. The molecular weight excluding hydrogens is 249 g/mol. The fourth-order valence-electron chi connectivity index (χ4n) is 2.61. The predicted octanol–water partition coefficient (Wildman–Crippen LogP) is 2.83. The second-order valence-corrected chi connectivity index (χ2v) is 5.24. The Labute approximate surface area is 104 Å². The third kappa shape index (κ3) is 4.15. The van der Waals surface area contributed by atoms with Crippen LogP contribution in [0.25, 0.3) is 0 Å². The molecule has 0 aromatic rings. The summed E-state index contributed by atoms with van der Waals surface area (Å²) in [4.78, 5) is 10.7. The molecule has 0 aromatic carbocycles. The second-order valence-electron chi connectivity index (χ2n) is 5.24. The summed E-state index contributed by atoms with van der Waals surface area (Å²) >= 11 is 0. The minimum absolute atomic E-state index is 0.160. The Bertz CT molecular complexity index is 283. The molecule has 2 atom stereocenters. The predicted molar refractivity (Wildman–Crippen MR) is 58.9 cm³/mol. The largest absolute Gasteiger partial charge is 0.481 e. The van der Waals surface area contributed by atoms with Gasteiger partial charge in [0.05, 0.1) is 5.92 Å². The average Bonchev–Trinajstić information content (AvgIpc) is 2.27. The van der Waals surface area contributed by atoms with E-state index in [0.29, 0.717) is 32.1 Å². The summed E-state index contributed by atoms with van der Waals surface area (Å²) in [6.07, 6.45) is -4.52. The molecule has 106 valence electrons. The Morgan fingerprint density at radius 3 is 2.17 bits per heavy atom. The van der Waals surface area contributed by atoms with Crippen LogP contribution in [0.2, 0.25) is 0 Å². The summed E-state index contributed by atoms with van der Waals surface area (Å²) in [5.74, 6) is -1.90. The lowest BCUT2D eigenvalue weighted by Crippen LogP contribution is -2.38. The van der Waals surface area contributed by atoms with Gasteiger partial charge in [0.25, 0.3) is 0 Å². The number of carboxylic acids is 1. The molecule has 0 aliphatic heterocycles. The molecular formula is C12H19F3O3. The molecule has 0 aromatic heterocycles. The molecule has 18 heavy (non-hydrogen) atoms. The molecule has 2 unspecified atom stereocenters. The van der Waals surface area contributed by atoms with Crippen molar-refractivity contribution in [1.82, 2.24) is 0 Å². The molecule has 1 aliphatic carbocycles. The van der Waals surface area contributed by atoms with Crippen LogP contribution < -0.4 is 0 Å². The number of rotatable bonds is 4. The highest BCUT2D eigenvalue weighted by molar-refractivity contribution is 5.69. The van der Waals surface area contributed by atoms with Gasteiger partial charge in [-0.25, -0.2) is 0 Å². The van der Waals surface area contributed by atoms with Crippen molar-refractivity contribution in [3.8, 4) is 0 Å². The Hall–Kier alpha value is -0.780. The van der Waals surface area contributed by atoms with E-state index in [1.54, 1.807) is 6.92 Å². The van der Waals surface area contributed by atoms with Crippen LogP contribution in [0.15, 0.2) is 0 Å². The molecule has 0 radical (unpaired) electrons. The number of aliphatic carboxylic acids is 1. The molecule has 1 rings (SSSR count). The Morgan fingerprint density at radius 2 is 1.78 bits per heavy atom. The molecule has 3 nitrogen and oxygen atoms in total. The van der Waals surface area contributed by atoms with Crippen molar-refractivity contribution in [3.63, 3.8) is 0 Å². The Kier molecular flexibility index (Phi) is 5.01. The zero-order chi connectivity index (χ0) is 13.9. The van der Waals surface area contributed by atoms with E-state index in [1.807, 2.05) is 0 Å². The van der Waals surface area contributed by atoms with Crippen LogP contribution >= 0.6 is 0 Å². The van der Waals surface area contributed by atoms with E-state index in [1.165, 1.54) is 0 Å². The van der Waals surface area contributed by atoms with Crippen molar-refractivity contribution < 1.29 is 28.2 Å². The van der Waals surface area contributed by atoms with Crippen molar-refractivity contribution >= 4 is 5.97 Å². The third-order valence-corrected chi connectivity index (χ3v) is 3.78. The van der Waals surface area contributed by atoms with E-state index in [2.05, 4.69) is 0 Å². The van der Waals surface area contributed by atoms with Crippen molar-refractivity contribution in [3.05, 3.63) is 0 Å². The van der Waals surface area contributed by atoms with Crippen LogP contribution in [-0.4, -0.2) is 28.5 Å². The van der Waals surface area contributed by atoms with Gasteiger partial charge in [-0.2, -0.15) is 13.2 Å². The zero-order valence-corrected chi connectivity index (χ0v) is 10.3. The lowest BCUT2D eigenvalue weighted by molar-refractivity contribution is -0.222. The van der Waals surface area contributed by atoms with Gasteiger partial charge in [0.2, 0.25) is 0 Å². The van der Waals surface area contributed by atoms with E-state index in [-0.39, 0.29) is 5.92 Å². The van der Waals surface area contributed by atoms with Crippen LogP contribution in [0.1, 0.15) is 39.0 Å². The summed E-state index contributed by atoms with van der Waals surface area (Å²) in [5, 5.41) is 17.9. The number of hydrogen-bond donors (Lipinski definition) is 2. The number of aliphatic hydroxyl groups is 1. The lowest BCUT2D eigenvalue weighted by atomic mass is 9.76. The smallest absolute Gasteiger partial charge is 0.414 e. The molecule has 0 bridgehead atoms. The molecule has 0 spiro atoms. The number of alkyl halides is 3. The standard InChI is InChI=1S/C12H19F3O3/c1-7(11(17)18)6-8-2-4-9(5-3-8)10(16)12(13,14)15/h7-10,16H,2-6H2,1H3,(H,17,18). The number of carboxylic acid groups (broad SMARTS) is 1. The molecule has 1 fully saturated rings. The van der Waals surface area contributed by atoms with Crippen LogP contribution in [0.5, 0.6) is 0 Å². The van der Waals surface area contributed by atoms with E-state index in [4.69, 9.17) is 10.2 Å². The molecule has 0 amide bonds. The van der Waals surface area contributed by atoms with Gasteiger partial charge in [-0.1, -0.05) is 19.8 Å². The Morgan fingerprint density at radius 1 is 1.28 bits per heavy atom. The first-order chi connectivity index (χ1) is 8.21. The lowest BCUT2D eigenvalue weighted by Gasteiger charge is -2.32. The van der Waals surface area contributed by atoms with Gasteiger partial charge in [-0.15, -0.1) is 0 Å². The van der Waals surface area contributed by atoms with Gasteiger partial charge >= 0.3 is 12.1 Å². The molecule has 0 heterocycles. The van der Waals surface area contributed by atoms with Gasteiger partial charge in [-0.05, 0) is 31.1 Å². The maximum absolute atomic E-state index is 12.3. The molecule has 2 N–H and O–H groups in total. The molecule has 6 heteroatoms. The van der Waals surface area contributed by atoms with E-state index >= 15 is 0 Å². The van der Waals surface area contributed by atoms with Gasteiger partial charge in [0.15, 0.2) is 6.10 Å². The molecule has 1 saturated carbocycles.